The van der Waals surface area contributed by atoms with Gasteiger partial charge in [-0.25, -0.2) is 4.98 Å². The Bertz CT molecular complexity index is 503. The summed E-state index contributed by atoms with van der Waals surface area (Å²) < 4.78 is 1.83. The van der Waals surface area contributed by atoms with Gasteiger partial charge in [0.05, 0.1) is 6.54 Å². The van der Waals surface area contributed by atoms with Crippen LogP contribution >= 0.6 is 0 Å². The third kappa shape index (κ3) is 3.79. The maximum atomic E-state index is 5.71. The molecule has 5 nitrogen and oxygen atoms in total. The third-order valence-corrected chi connectivity index (χ3v) is 3.10. The second-order valence-corrected chi connectivity index (χ2v) is 4.75. The molecule has 1 aromatic heterocycles. The van der Waals surface area contributed by atoms with Crippen molar-refractivity contribution in [3.05, 3.63) is 42.0 Å². The number of rotatable bonds is 6. The normalized spacial score (nSPS) is 11.1. The summed E-state index contributed by atoms with van der Waals surface area (Å²) in [5.74, 6) is 0.990. The van der Waals surface area contributed by atoms with Crippen molar-refractivity contribution in [2.24, 2.45) is 7.05 Å². The largest absolute Gasteiger partial charge is 0.399 e. The van der Waals surface area contributed by atoms with Crippen molar-refractivity contribution in [1.29, 1.82) is 0 Å². The zero-order valence-electron chi connectivity index (χ0n) is 11.6. The number of nitrogens with zero attached hydrogens (tertiary/aromatic N) is 4. The molecule has 0 atom stereocenters. The van der Waals surface area contributed by atoms with Gasteiger partial charge in [-0.15, -0.1) is 0 Å². The molecular weight excluding hydrogens is 238 g/mol. The molecule has 0 aliphatic heterocycles. The highest BCUT2D eigenvalue weighted by Crippen LogP contribution is 2.11. The fraction of sp³-hybridized carbons (Fsp3) is 0.429. The van der Waals surface area contributed by atoms with E-state index in [2.05, 4.69) is 34.0 Å². The SMILES string of the molecule is CCCN(Cc1ccc(N)cc1)Cc1ncnn1C. The van der Waals surface area contributed by atoms with Crippen LogP contribution in [0, 0.1) is 0 Å². The Kier molecular flexibility index (Phi) is 4.52. The Hall–Kier alpha value is -1.88. The molecule has 102 valence electrons. The standard InChI is InChI=1S/C14H21N5/c1-3-8-19(10-14-16-11-17-18(14)2)9-12-4-6-13(15)7-5-12/h4-7,11H,3,8-10,15H2,1-2H3. The summed E-state index contributed by atoms with van der Waals surface area (Å²) in [5, 5.41) is 4.11. The monoisotopic (exact) mass is 259 g/mol. The number of hydrogen-bond donors (Lipinski definition) is 1. The van der Waals surface area contributed by atoms with Gasteiger partial charge in [-0.2, -0.15) is 5.10 Å². The van der Waals surface area contributed by atoms with Gasteiger partial charge in [-0.3, -0.25) is 9.58 Å². The van der Waals surface area contributed by atoms with Crippen molar-refractivity contribution in [3.8, 4) is 0 Å². The molecule has 2 N–H and O–H groups in total. The third-order valence-electron chi connectivity index (χ3n) is 3.10. The summed E-state index contributed by atoms with van der Waals surface area (Å²) in [6, 6.07) is 8.05. The second kappa shape index (κ2) is 6.33. The molecular formula is C14H21N5. The summed E-state index contributed by atoms with van der Waals surface area (Å²) in [6.07, 6.45) is 2.72. The highest BCUT2D eigenvalue weighted by molar-refractivity contribution is 5.39. The van der Waals surface area contributed by atoms with Crippen molar-refractivity contribution in [3.63, 3.8) is 0 Å². The highest BCUT2D eigenvalue weighted by atomic mass is 15.3. The molecule has 0 saturated heterocycles. The first kappa shape index (κ1) is 13.5. The van der Waals surface area contributed by atoms with Crippen LogP contribution < -0.4 is 5.73 Å². The average Bonchev–Trinajstić information content (AvgIpc) is 2.78. The maximum absolute atomic E-state index is 5.71. The molecule has 0 aliphatic rings. The Morgan fingerprint density at radius 3 is 2.53 bits per heavy atom. The summed E-state index contributed by atoms with van der Waals surface area (Å²) in [7, 11) is 1.93. The molecule has 0 fully saturated rings. The molecule has 0 amide bonds. The highest BCUT2D eigenvalue weighted by Gasteiger charge is 2.09. The van der Waals surface area contributed by atoms with E-state index in [-0.39, 0.29) is 0 Å². The van der Waals surface area contributed by atoms with Crippen LogP contribution in [0.1, 0.15) is 24.7 Å². The van der Waals surface area contributed by atoms with E-state index >= 15 is 0 Å². The second-order valence-electron chi connectivity index (χ2n) is 4.75. The minimum Gasteiger partial charge on any atom is -0.399 e. The van der Waals surface area contributed by atoms with Gasteiger partial charge in [0.15, 0.2) is 0 Å². The lowest BCUT2D eigenvalue weighted by molar-refractivity contribution is 0.247. The van der Waals surface area contributed by atoms with Crippen LogP contribution in [0.2, 0.25) is 0 Å². The lowest BCUT2D eigenvalue weighted by atomic mass is 10.2. The Labute approximate surface area is 114 Å². The van der Waals surface area contributed by atoms with E-state index in [9.17, 15) is 0 Å². The number of aryl methyl sites for hydroxylation is 1. The number of nitrogens with two attached hydrogens (primary N) is 1. The lowest BCUT2D eigenvalue weighted by Crippen LogP contribution is -2.25. The predicted molar refractivity (Wildman–Crippen MR) is 76.3 cm³/mol. The fourth-order valence-electron chi connectivity index (χ4n) is 2.07. The van der Waals surface area contributed by atoms with E-state index in [1.807, 2.05) is 23.9 Å². The molecule has 0 spiro atoms. The van der Waals surface area contributed by atoms with Crippen molar-refractivity contribution in [2.75, 3.05) is 12.3 Å². The quantitative estimate of drug-likeness (QED) is 0.804. The number of nitrogen functional groups attached to an aromatic ring is 1. The van der Waals surface area contributed by atoms with Gasteiger partial charge in [0.2, 0.25) is 0 Å². The van der Waals surface area contributed by atoms with Gasteiger partial charge in [-0.05, 0) is 30.7 Å². The van der Waals surface area contributed by atoms with Gasteiger partial charge in [0.25, 0.3) is 0 Å². The first-order chi connectivity index (χ1) is 9.19. The Morgan fingerprint density at radius 1 is 1.21 bits per heavy atom. The number of hydrogen-bond acceptors (Lipinski definition) is 4. The van der Waals surface area contributed by atoms with Crippen molar-refractivity contribution >= 4 is 5.69 Å². The topological polar surface area (TPSA) is 60.0 Å². The van der Waals surface area contributed by atoms with E-state index in [4.69, 9.17) is 5.73 Å². The van der Waals surface area contributed by atoms with Crippen LogP contribution in [0.25, 0.3) is 0 Å². The van der Waals surface area contributed by atoms with Crippen molar-refractivity contribution < 1.29 is 0 Å². The van der Waals surface area contributed by atoms with Gasteiger partial charge in [-0.1, -0.05) is 19.1 Å². The molecule has 5 heteroatoms. The van der Waals surface area contributed by atoms with Gasteiger partial charge in [0, 0.05) is 19.3 Å². The Balaban J connectivity index is 2.03. The van der Waals surface area contributed by atoms with E-state index in [1.165, 1.54) is 5.56 Å². The molecule has 0 aliphatic carbocycles. The molecule has 1 aromatic carbocycles. The van der Waals surface area contributed by atoms with E-state index in [1.54, 1.807) is 6.33 Å². The Morgan fingerprint density at radius 2 is 1.95 bits per heavy atom. The zero-order valence-corrected chi connectivity index (χ0v) is 11.6. The van der Waals surface area contributed by atoms with Crippen LogP contribution in [0.3, 0.4) is 0 Å². The average molecular weight is 259 g/mol. The van der Waals surface area contributed by atoms with Gasteiger partial charge in [0.1, 0.15) is 12.2 Å². The molecule has 1 heterocycles. The van der Waals surface area contributed by atoms with Crippen molar-refractivity contribution in [1.82, 2.24) is 19.7 Å². The van der Waals surface area contributed by atoms with Gasteiger partial charge < -0.3 is 5.73 Å². The summed E-state index contributed by atoms with van der Waals surface area (Å²) in [6.45, 7) is 4.94. The van der Waals surface area contributed by atoms with Crippen LogP contribution in [0.15, 0.2) is 30.6 Å². The fourth-order valence-corrected chi connectivity index (χ4v) is 2.07. The number of aromatic nitrogens is 3. The first-order valence-electron chi connectivity index (χ1n) is 6.58. The van der Waals surface area contributed by atoms with E-state index < -0.39 is 0 Å². The molecule has 2 aromatic rings. The smallest absolute Gasteiger partial charge is 0.140 e. The predicted octanol–water partition coefficient (Wildman–Crippen LogP) is 1.81. The van der Waals surface area contributed by atoms with Crippen molar-refractivity contribution in [2.45, 2.75) is 26.4 Å². The molecule has 0 radical (unpaired) electrons. The first-order valence-corrected chi connectivity index (χ1v) is 6.58. The van der Waals surface area contributed by atoms with Crippen LogP contribution in [0.5, 0.6) is 0 Å². The molecule has 19 heavy (non-hydrogen) atoms. The van der Waals surface area contributed by atoms with Crippen LogP contribution in [-0.2, 0) is 20.1 Å². The summed E-state index contributed by atoms with van der Waals surface area (Å²) in [5.41, 5.74) is 7.78. The molecule has 0 bridgehead atoms. The summed E-state index contributed by atoms with van der Waals surface area (Å²) >= 11 is 0. The number of anilines is 1. The summed E-state index contributed by atoms with van der Waals surface area (Å²) in [4.78, 5) is 6.65. The lowest BCUT2D eigenvalue weighted by Gasteiger charge is -2.21. The van der Waals surface area contributed by atoms with E-state index in [0.29, 0.717) is 0 Å². The molecule has 0 saturated carbocycles. The minimum atomic E-state index is 0.805. The number of benzene rings is 1. The van der Waals surface area contributed by atoms with Crippen LogP contribution in [-0.4, -0.2) is 26.2 Å². The maximum Gasteiger partial charge on any atom is 0.140 e. The molecule has 2 rings (SSSR count). The van der Waals surface area contributed by atoms with Gasteiger partial charge >= 0.3 is 0 Å². The minimum absolute atomic E-state index is 0.805. The zero-order chi connectivity index (χ0) is 13.7. The van der Waals surface area contributed by atoms with E-state index in [0.717, 1.165) is 37.6 Å². The van der Waals surface area contributed by atoms with Crippen LogP contribution in [0.4, 0.5) is 5.69 Å². The molecule has 0 unspecified atom stereocenters.